The zero-order chi connectivity index (χ0) is 30.0. The number of rotatable bonds is 8. The molecule has 3 aromatic rings. The SMILES string of the molecule is CC(C)(F)CN1CCc2cc(OCc3ccccc3)ccc2C1c1c(F)cc(OC2CCCC3(CCCNC3)C2)cc1F. The van der Waals surface area contributed by atoms with Gasteiger partial charge in [0.05, 0.1) is 12.1 Å². The standard InChI is InChI=1S/C36H43F3N2O2/c1-35(2,39)24-41-17-13-26-18-27(42-22-25-8-4-3-5-9-25)11-12-30(26)34(41)33-31(37)19-29(20-32(33)38)43-28-10-6-14-36(21-28)15-7-16-40-23-36/h3-5,8-9,11-12,18-20,28,34,40H,6-7,10,13-17,21-24H2,1-2H3. The van der Waals surface area contributed by atoms with Crippen LogP contribution >= 0.6 is 0 Å². The normalized spacial score (nSPS) is 24.5. The van der Waals surface area contributed by atoms with Gasteiger partial charge in [-0.1, -0.05) is 36.4 Å². The fraction of sp³-hybridized carbons (Fsp3) is 0.500. The van der Waals surface area contributed by atoms with Gasteiger partial charge in [-0.05, 0) is 99.6 Å². The van der Waals surface area contributed by atoms with Gasteiger partial charge in [0, 0.05) is 37.3 Å². The fourth-order valence-electron chi connectivity index (χ4n) is 7.47. The average Bonchev–Trinajstić information content (AvgIpc) is 2.97. The molecular formula is C36H43F3N2O2. The molecule has 4 nitrogen and oxygen atoms in total. The summed E-state index contributed by atoms with van der Waals surface area (Å²) in [6.07, 6.45) is 6.90. The monoisotopic (exact) mass is 592 g/mol. The van der Waals surface area contributed by atoms with Crippen LogP contribution in [0, 0.1) is 17.0 Å². The van der Waals surface area contributed by atoms with Crippen LogP contribution in [0.5, 0.6) is 11.5 Å². The molecule has 1 spiro atoms. The van der Waals surface area contributed by atoms with Gasteiger partial charge in [-0.3, -0.25) is 4.90 Å². The lowest BCUT2D eigenvalue weighted by atomic mass is 9.69. The van der Waals surface area contributed by atoms with E-state index in [1.807, 2.05) is 53.4 Å². The zero-order valence-corrected chi connectivity index (χ0v) is 25.3. The third-order valence-electron chi connectivity index (χ3n) is 9.35. The van der Waals surface area contributed by atoms with E-state index in [0.717, 1.165) is 55.5 Å². The van der Waals surface area contributed by atoms with E-state index in [2.05, 4.69) is 5.32 Å². The Labute approximate surface area is 253 Å². The second-order valence-electron chi connectivity index (χ2n) is 13.4. The first-order valence-corrected chi connectivity index (χ1v) is 15.8. The van der Waals surface area contributed by atoms with Gasteiger partial charge in [-0.2, -0.15) is 0 Å². The minimum Gasteiger partial charge on any atom is -0.490 e. The number of fused-ring (bicyclic) bond motifs is 1. The minimum absolute atomic E-state index is 0.0543. The summed E-state index contributed by atoms with van der Waals surface area (Å²) in [6, 6.07) is 17.5. The Morgan fingerprint density at radius 2 is 1.74 bits per heavy atom. The average molecular weight is 593 g/mol. The molecule has 6 rings (SSSR count). The predicted octanol–water partition coefficient (Wildman–Crippen LogP) is 7.93. The van der Waals surface area contributed by atoms with Gasteiger partial charge < -0.3 is 14.8 Å². The molecular weight excluding hydrogens is 549 g/mol. The van der Waals surface area contributed by atoms with Crippen LogP contribution in [0.3, 0.4) is 0 Å². The van der Waals surface area contributed by atoms with E-state index in [4.69, 9.17) is 9.47 Å². The van der Waals surface area contributed by atoms with Crippen molar-refractivity contribution in [3.05, 3.63) is 94.6 Å². The molecule has 3 unspecified atom stereocenters. The molecule has 1 N–H and O–H groups in total. The maximum Gasteiger partial charge on any atom is 0.134 e. The molecule has 0 radical (unpaired) electrons. The molecule has 1 saturated heterocycles. The van der Waals surface area contributed by atoms with E-state index in [1.54, 1.807) is 0 Å². The number of hydrogen-bond acceptors (Lipinski definition) is 4. The quantitative estimate of drug-likeness (QED) is 0.288. The fourth-order valence-corrected chi connectivity index (χ4v) is 7.47. The van der Waals surface area contributed by atoms with Crippen molar-refractivity contribution in [1.82, 2.24) is 10.2 Å². The molecule has 43 heavy (non-hydrogen) atoms. The van der Waals surface area contributed by atoms with E-state index in [-0.39, 0.29) is 29.4 Å². The lowest BCUT2D eigenvalue weighted by Gasteiger charge is -2.43. The molecule has 3 aromatic carbocycles. The molecule has 0 amide bonds. The summed E-state index contributed by atoms with van der Waals surface area (Å²) in [4.78, 5) is 1.86. The highest BCUT2D eigenvalue weighted by molar-refractivity contribution is 5.46. The van der Waals surface area contributed by atoms with Crippen molar-refractivity contribution in [2.75, 3.05) is 26.2 Å². The maximum atomic E-state index is 16.0. The highest BCUT2D eigenvalue weighted by Crippen LogP contribution is 2.44. The summed E-state index contributed by atoms with van der Waals surface area (Å²) in [5.41, 5.74) is 1.40. The number of nitrogens with zero attached hydrogens (tertiary/aromatic N) is 1. The summed E-state index contributed by atoms with van der Waals surface area (Å²) in [6.45, 7) is 5.99. The first-order chi connectivity index (χ1) is 20.7. The second kappa shape index (κ2) is 12.5. The summed E-state index contributed by atoms with van der Waals surface area (Å²) >= 11 is 0. The van der Waals surface area contributed by atoms with Crippen molar-refractivity contribution in [2.24, 2.45) is 5.41 Å². The third kappa shape index (κ3) is 7.04. The summed E-state index contributed by atoms with van der Waals surface area (Å²) < 4.78 is 59.3. The van der Waals surface area contributed by atoms with E-state index >= 15 is 8.78 Å². The van der Waals surface area contributed by atoms with Crippen LogP contribution in [0.1, 0.15) is 80.7 Å². The van der Waals surface area contributed by atoms with Gasteiger partial charge in [0.1, 0.15) is 35.4 Å². The van der Waals surface area contributed by atoms with E-state index < -0.39 is 23.3 Å². The van der Waals surface area contributed by atoms with Crippen LogP contribution in [0.15, 0.2) is 60.7 Å². The van der Waals surface area contributed by atoms with Crippen LogP contribution in [0.25, 0.3) is 0 Å². The van der Waals surface area contributed by atoms with Crippen LogP contribution in [0.4, 0.5) is 13.2 Å². The van der Waals surface area contributed by atoms with Gasteiger partial charge in [-0.15, -0.1) is 0 Å². The number of alkyl halides is 1. The lowest BCUT2D eigenvalue weighted by Crippen LogP contribution is -2.45. The van der Waals surface area contributed by atoms with E-state index in [1.165, 1.54) is 38.8 Å². The smallest absolute Gasteiger partial charge is 0.134 e. The van der Waals surface area contributed by atoms with Crippen molar-refractivity contribution < 1.29 is 22.6 Å². The zero-order valence-electron chi connectivity index (χ0n) is 25.3. The van der Waals surface area contributed by atoms with Crippen LogP contribution in [-0.2, 0) is 13.0 Å². The number of piperidine rings is 1. The molecule has 7 heteroatoms. The van der Waals surface area contributed by atoms with Crippen molar-refractivity contribution in [1.29, 1.82) is 0 Å². The maximum absolute atomic E-state index is 16.0. The molecule has 1 saturated carbocycles. The number of benzene rings is 3. The Balaban J connectivity index is 1.26. The molecule has 2 fully saturated rings. The van der Waals surface area contributed by atoms with E-state index in [9.17, 15) is 4.39 Å². The Morgan fingerprint density at radius 1 is 0.977 bits per heavy atom. The number of nitrogens with one attached hydrogen (secondary N) is 1. The molecule has 2 aliphatic heterocycles. The van der Waals surface area contributed by atoms with Crippen molar-refractivity contribution in [3.63, 3.8) is 0 Å². The van der Waals surface area contributed by atoms with E-state index in [0.29, 0.717) is 25.3 Å². The Morgan fingerprint density at radius 3 is 2.47 bits per heavy atom. The van der Waals surface area contributed by atoms with Crippen LogP contribution in [0.2, 0.25) is 0 Å². The van der Waals surface area contributed by atoms with Crippen LogP contribution in [-0.4, -0.2) is 42.9 Å². The van der Waals surface area contributed by atoms with Gasteiger partial charge in [0.2, 0.25) is 0 Å². The molecule has 2 heterocycles. The highest BCUT2D eigenvalue weighted by Gasteiger charge is 2.39. The predicted molar refractivity (Wildman–Crippen MR) is 163 cm³/mol. The second-order valence-corrected chi connectivity index (χ2v) is 13.4. The summed E-state index contributed by atoms with van der Waals surface area (Å²) in [7, 11) is 0. The molecule has 0 aromatic heterocycles. The Bertz CT molecular complexity index is 1370. The van der Waals surface area contributed by atoms with Crippen molar-refractivity contribution in [3.8, 4) is 11.5 Å². The van der Waals surface area contributed by atoms with Gasteiger partial charge in [-0.25, -0.2) is 13.2 Å². The number of ether oxygens (including phenoxy) is 2. The summed E-state index contributed by atoms with van der Waals surface area (Å²) in [5.74, 6) is -0.404. The van der Waals surface area contributed by atoms with Crippen molar-refractivity contribution >= 4 is 0 Å². The van der Waals surface area contributed by atoms with Crippen molar-refractivity contribution in [2.45, 2.75) is 83.2 Å². The molecule has 3 atom stereocenters. The largest absolute Gasteiger partial charge is 0.490 e. The first kappa shape index (κ1) is 30.0. The minimum atomic E-state index is -1.53. The Kier molecular flexibility index (Phi) is 8.74. The molecule has 1 aliphatic carbocycles. The highest BCUT2D eigenvalue weighted by atomic mass is 19.1. The first-order valence-electron chi connectivity index (χ1n) is 15.8. The number of hydrogen-bond donors (Lipinski definition) is 1. The topological polar surface area (TPSA) is 33.7 Å². The van der Waals surface area contributed by atoms with Gasteiger partial charge in [0.25, 0.3) is 0 Å². The van der Waals surface area contributed by atoms with Gasteiger partial charge in [0.15, 0.2) is 0 Å². The molecule has 0 bridgehead atoms. The number of halogens is 3. The van der Waals surface area contributed by atoms with Gasteiger partial charge >= 0.3 is 0 Å². The van der Waals surface area contributed by atoms with Crippen LogP contribution < -0.4 is 14.8 Å². The molecule has 3 aliphatic rings. The Hall–Kier alpha value is -3.03. The lowest BCUT2D eigenvalue weighted by molar-refractivity contribution is 0.0452. The molecule has 230 valence electrons. The third-order valence-corrected chi connectivity index (χ3v) is 9.35. The summed E-state index contributed by atoms with van der Waals surface area (Å²) in [5, 5.41) is 3.52.